The molecule has 0 aliphatic rings. The summed E-state index contributed by atoms with van der Waals surface area (Å²) in [7, 11) is -0.554. The first-order valence-electron chi connectivity index (χ1n) is 3.86. The summed E-state index contributed by atoms with van der Waals surface area (Å²) in [6.07, 6.45) is 0. The number of rotatable bonds is 3. The Balaban J connectivity index is 2.48. The molecule has 0 aliphatic carbocycles. The third-order valence-corrected chi connectivity index (χ3v) is 2.69. The first-order valence-corrected chi connectivity index (χ1v) is 7.06. The molecule has 1 nitrogen and oxygen atoms in total. The number of benzene rings is 1. The van der Waals surface area contributed by atoms with Gasteiger partial charge >= 0.3 is 0 Å². The Labute approximate surface area is 83.6 Å². The Hall–Kier alpha value is -0.123. The molecule has 1 aromatic rings. The van der Waals surface area contributed by atoms with E-state index in [0.717, 1.165) is 11.1 Å². The van der Waals surface area contributed by atoms with E-state index in [1.807, 2.05) is 12.1 Å². The maximum Gasteiger partial charge on any atom is 0.205 e. The van der Waals surface area contributed by atoms with Crippen LogP contribution in [0, 0.1) is 0 Å². The fraction of sp³-hybridized carbons (Fsp3) is 0.333. The molecule has 0 fully saturated rings. The monoisotopic (exact) mass is 243 g/mol. The molecule has 3 heteroatoms. The van der Waals surface area contributed by atoms with Crippen molar-refractivity contribution in [1.29, 1.82) is 0 Å². The lowest BCUT2D eigenvalue weighted by Gasteiger charge is -2.05. The van der Waals surface area contributed by atoms with Crippen LogP contribution in [-0.4, -0.2) is 9.04 Å². The molecule has 0 spiro atoms. The maximum atomic E-state index is 5.55. The zero-order valence-corrected chi connectivity index (χ0v) is 9.89. The van der Waals surface area contributed by atoms with E-state index in [-0.39, 0.29) is 0 Å². The zero-order chi connectivity index (χ0) is 8.97. The predicted molar refractivity (Wildman–Crippen MR) is 56.4 cm³/mol. The van der Waals surface area contributed by atoms with Crippen LogP contribution >= 0.6 is 15.9 Å². The van der Waals surface area contributed by atoms with E-state index in [1.54, 1.807) is 0 Å². The predicted octanol–water partition coefficient (Wildman–Crippen LogP) is 3.22. The first-order chi connectivity index (χ1) is 5.68. The molecule has 0 aromatic heterocycles. The van der Waals surface area contributed by atoms with E-state index < -0.39 is 9.04 Å². The van der Waals surface area contributed by atoms with Crippen molar-refractivity contribution in [2.24, 2.45) is 0 Å². The van der Waals surface area contributed by atoms with Crippen LogP contribution in [0.2, 0.25) is 13.1 Å². The van der Waals surface area contributed by atoms with Gasteiger partial charge in [0.2, 0.25) is 9.04 Å². The highest BCUT2D eigenvalue weighted by atomic mass is 79.9. The average Bonchev–Trinajstić information content (AvgIpc) is 2.03. The molecule has 0 saturated heterocycles. The van der Waals surface area contributed by atoms with Gasteiger partial charge in [-0.15, -0.1) is 0 Å². The van der Waals surface area contributed by atoms with Crippen molar-refractivity contribution in [3.63, 3.8) is 0 Å². The van der Waals surface area contributed by atoms with Crippen LogP contribution in [0.1, 0.15) is 5.56 Å². The van der Waals surface area contributed by atoms with Gasteiger partial charge in [0, 0.05) is 4.47 Å². The molecule has 12 heavy (non-hydrogen) atoms. The molecule has 0 aliphatic heterocycles. The second-order valence-electron chi connectivity index (χ2n) is 2.82. The summed E-state index contributed by atoms with van der Waals surface area (Å²) in [6, 6.07) is 8.23. The van der Waals surface area contributed by atoms with Crippen molar-refractivity contribution < 1.29 is 4.43 Å². The largest absolute Gasteiger partial charge is 0.413 e. The maximum absolute atomic E-state index is 5.55. The van der Waals surface area contributed by atoms with E-state index in [9.17, 15) is 0 Å². The number of hydrogen-bond donors (Lipinski definition) is 0. The van der Waals surface area contributed by atoms with Gasteiger partial charge in [-0.3, -0.25) is 0 Å². The Morgan fingerprint density at radius 3 is 2.33 bits per heavy atom. The van der Waals surface area contributed by atoms with Crippen molar-refractivity contribution >= 4 is 25.0 Å². The summed E-state index contributed by atoms with van der Waals surface area (Å²) in [5, 5.41) is 0. The van der Waals surface area contributed by atoms with E-state index in [2.05, 4.69) is 41.2 Å². The molecule has 1 radical (unpaired) electrons. The third kappa shape index (κ3) is 3.52. The summed E-state index contributed by atoms with van der Waals surface area (Å²) in [6.45, 7) is 5.03. The Morgan fingerprint density at radius 1 is 1.25 bits per heavy atom. The average molecular weight is 244 g/mol. The van der Waals surface area contributed by atoms with Crippen LogP contribution < -0.4 is 0 Å². The van der Waals surface area contributed by atoms with Crippen molar-refractivity contribution in [2.75, 3.05) is 0 Å². The van der Waals surface area contributed by atoms with E-state index in [4.69, 9.17) is 4.43 Å². The first kappa shape index (κ1) is 9.96. The molecule has 0 amide bonds. The topological polar surface area (TPSA) is 9.23 Å². The minimum atomic E-state index is -0.554. The summed E-state index contributed by atoms with van der Waals surface area (Å²) in [5.74, 6) is 0. The highest BCUT2D eigenvalue weighted by Crippen LogP contribution is 2.11. The summed E-state index contributed by atoms with van der Waals surface area (Å²) in [4.78, 5) is 0. The molecular weight excluding hydrogens is 232 g/mol. The molecule has 1 aromatic carbocycles. The van der Waals surface area contributed by atoms with Crippen LogP contribution in [0.15, 0.2) is 28.7 Å². The van der Waals surface area contributed by atoms with Gasteiger partial charge in [-0.1, -0.05) is 28.1 Å². The lowest BCUT2D eigenvalue weighted by atomic mass is 10.2. The van der Waals surface area contributed by atoms with Crippen molar-refractivity contribution in [2.45, 2.75) is 19.7 Å². The van der Waals surface area contributed by atoms with Gasteiger partial charge < -0.3 is 4.43 Å². The third-order valence-electron chi connectivity index (χ3n) is 1.44. The molecule has 0 bridgehead atoms. The van der Waals surface area contributed by atoms with Crippen molar-refractivity contribution in [3.8, 4) is 0 Å². The fourth-order valence-corrected chi connectivity index (χ4v) is 1.53. The summed E-state index contributed by atoms with van der Waals surface area (Å²) < 4.78 is 6.67. The Morgan fingerprint density at radius 2 is 1.83 bits per heavy atom. The highest BCUT2D eigenvalue weighted by Gasteiger charge is 1.97. The zero-order valence-electron chi connectivity index (χ0n) is 7.30. The minimum absolute atomic E-state index is 0.554. The number of hydrogen-bond acceptors (Lipinski definition) is 1. The minimum Gasteiger partial charge on any atom is -0.413 e. The fourth-order valence-electron chi connectivity index (χ4n) is 0.808. The summed E-state index contributed by atoms with van der Waals surface area (Å²) in [5.41, 5.74) is 1.24. The standard InChI is InChI=1S/C9H12BrOSi/c1-12(2)11-7-8-3-5-9(10)6-4-8/h3-6H,7H2,1-2H3. The lowest BCUT2D eigenvalue weighted by molar-refractivity contribution is 0.314. The molecule has 0 atom stereocenters. The highest BCUT2D eigenvalue weighted by molar-refractivity contribution is 9.10. The van der Waals surface area contributed by atoms with Gasteiger partial charge in [0.1, 0.15) is 0 Å². The van der Waals surface area contributed by atoms with Crippen molar-refractivity contribution in [1.82, 2.24) is 0 Å². The lowest BCUT2D eigenvalue weighted by Crippen LogP contribution is -2.06. The quantitative estimate of drug-likeness (QED) is 0.742. The van der Waals surface area contributed by atoms with Gasteiger partial charge in [-0.25, -0.2) is 0 Å². The van der Waals surface area contributed by atoms with E-state index in [1.165, 1.54) is 5.56 Å². The van der Waals surface area contributed by atoms with Crippen LogP contribution in [0.3, 0.4) is 0 Å². The van der Waals surface area contributed by atoms with Gasteiger partial charge in [0.25, 0.3) is 0 Å². The van der Waals surface area contributed by atoms with Gasteiger partial charge in [0.05, 0.1) is 6.61 Å². The molecule has 0 unspecified atom stereocenters. The van der Waals surface area contributed by atoms with Gasteiger partial charge in [-0.05, 0) is 30.8 Å². The van der Waals surface area contributed by atoms with Crippen LogP contribution in [0.4, 0.5) is 0 Å². The van der Waals surface area contributed by atoms with Crippen LogP contribution in [-0.2, 0) is 11.0 Å². The van der Waals surface area contributed by atoms with Gasteiger partial charge in [-0.2, -0.15) is 0 Å². The molecule has 0 N–H and O–H groups in total. The van der Waals surface area contributed by atoms with Crippen LogP contribution in [0.5, 0.6) is 0 Å². The SMILES string of the molecule is C[Si](C)OCc1ccc(Br)cc1. The normalized spacial score (nSPS) is 10.7. The van der Waals surface area contributed by atoms with E-state index in [0.29, 0.717) is 0 Å². The molecule has 0 heterocycles. The van der Waals surface area contributed by atoms with Crippen molar-refractivity contribution in [3.05, 3.63) is 34.3 Å². The molecule has 65 valence electrons. The molecule has 1 rings (SSSR count). The van der Waals surface area contributed by atoms with E-state index >= 15 is 0 Å². The second kappa shape index (κ2) is 4.79. The van der Waals surface area contributed by atoms with Crippen LogP contribution in [0.25, 0.3) is 0 Å². The Bertz CT molecular complexity index is 233. The summed E-state index contributed by atoms with van der Waals surface area (Å²) >= 11 is 3.39. The molecule has 0 saturated carbocycles. The smallest absolute Gasteiger partial charge is 0.205 e. The number of halogens is 1. The van der Waals surface area contributed by atoms with Gasteiger partial charge in [0.15, 0.2) is 0 Å². The second-order valence-corrected chi connectivity index (χ2v) is 5.84. The Kier molecular flexibility index (Phi) is 3.98. The molecular formula is C9H12BrOSi.